The van der Waals surface area contributed by atoms with Gasteiger partial charge in [-0.25, -0.2) is 0 Å². The van der Waals surface area contributed by atoms with Crippen LogP contribution in [0.5, 0.6) is 0 Å². The van der Waals surface area contributed by atoms with Crippen molar-refractivity contribution in [3.63, 3.8) is 0 Å². The Morgan fingerprint density at radius 2 is 0.567 bits per heavy atom. The molecule has 0 aromatic heterocycles. The molecule has 1 unspecified atom stereocenters. The summed E-state index contributed by atoms with van der Waals surface area (Å²) in [6, 6.07) is 0. The summed E-state index contributed by atoms with van der Waals surface area (Å²) in [5.74, 6) is 0.891. The zero-order valence-corrected chi connectivity index (χ0v) is 46.0. The van der Waals surface area contributed by atoms with Gasteiger partial charge >= 0.3 is 17.9 Å². The maximum atomic E-state index is 12.8. The molecule has 0 saturated heterocycles. The number of unbranched alkanes of at least 4 members (excludes halogenated alkanes) is 39. The SMILES string of the molecule is CCCCCCCCCCCCCCCCC(=O)O[C@H](COC(=O)CCCCCCCCCCCCCCCCCCCCC(C)CC)COC(=O)CCCCCCCCCCCCC(C)C. The Morgan fingerprint density at radius 3 is 0.851 bits per heavy atom. The summed E-state index contributed by atoms with van der Waals surface area (Å²) in [6.07, 6.45) is 58.1. The lowest BCUT2D eigenvalue weighted by Crippen LogP contribution is -2.30. The van der Waals surface area contributed by atoms with Gasteiger partial charge in [0.15, 0.2) is 6.10 Å². The quantitative estimate of drug-likeness (QED) is 0.0343. The normalized spacial score (nSPS) is 12.4. The highest BCUT2D eigenvalue weighted by molar-refractivity contribution is 5.71. The average molecular weight is 948 g/mol. The Labute approximate surface area is 418 Å². The van der Waals surface area contributed by atoms with Crippen molar-refractivity contribution in [3.05, 3.63) is 0 Å². The van der Waals surface area contributed by atoms with Crippen LogP contribution >= 0.6 is 0 Å². The van der Waals surface area contributed by atoms with Gasteiger partial charge in [0.25, 0.3) is 0 Å². The first-order valence-corrected chi connectivity index (χ1v) is 30.3. The lowest BCUT2D eigenvalue weighted by molar-refractivity contribution is -0.167. The topological polar surface area (TPSA) is 78.9 Å². The second kappa shape index (κ2) is 53.8. The number of carbonyl (C=O) groups is 3. The van der Waals surface area contributed by atoms with E-state index in [4.69, 9.17) is 14.2 Å². The first-order valence-electron chi connectivity index (χ1n) is 30.3. The minimum atomic E-state index is -0.763. The molecule has 398 valence electrons. The molecule has 6 heteroatoms. The predicted octanol–water partition coefficient (Wildman–Crippen LogP) is 20.0. The van der Waals surface area contributed by atoms with E-state index in [1.165, 1.54) is 231 Å². The second-order valence-electron chi connectivity index (χ2n) is 21.7. The monoisotopic (exact) mass is 947 g/mol. The molecule has 0 spiro atoms. The van der Waals surface area contributed by atoms with Crippen molar-refractivity contribution in [1.82, 2.24) is 0 Å². The van der Waals surface area contributed by atoms with Crippen LogP contribution in [0.25, 0.3) is 0 Å². The van der Waals surface area contributed by atoms with Crippen LogP contribution in [0.1, 0.15) is 343 Å². The highest BCUT2D eigenvalue weighted by Crippen LogP contribution is 2.19. The first kappa shape index (κ1) is 65.4. The molecule has 2 atom stereocenters. The average Bonchev–Trinajstić information content (AvgIpc) is 3.31. The van der Waals surface area contributed by atoms with Crippen LogP contribution in [0, 0.1) is 11.8 Å². The molecule has 6 nitrogen and oxygen atoms in total. The van der Waals surface area contributed by atoms with E-state index in [-0.39, 0.29) is 31.1 Å². The number of ether oxygens (including phenoxy) is 3. The highest BCUT2D eigenvalue weighted by atomic mass is 16.6. The maximum absolute atomic E-state index is 12.8. The molecule has 0 aliphatic rings. The summed E-state index contributed by atoms with van der Waals surface area (Å²) in [7, 11) is 0. The summed E-state index contributed by atoms with van der Waals surface area (Å²) in [4.78, 5) is 38.2. The lowest BCUT2D eigenvalue weighted by atomic mass is 9.99. The van der Waals surface area contributed by atoms with E-state index in [9.17, 15) is 14.4 Å². The molecule has 0 fully saturated rings. The van der Waals surface area contributed by atoms with Crippen LogP contribution in [0.2, 0.25) is 0 Å². The Kier molecular flexibility index (Phi) is 52.5. The van der Waals surface area contributed by atoms with Crippen molar-refractivity contribution in [2.24, 2.45) is 11.8 Å². The second-order valence-corrected chi connectivity index (χ2v) is 21.7. The summed E-state index contributed by atoms with van der Waals surface area (Å²) in [5.41, 5.74) is 0. The van der Waals surface area contributed by atoms with Gasteiger partial charge in [0.05, 0.1) is 0 Å². The third-order valence-corrected chi connectivity index (χ3v) is 14.3. The predicted molar refractivity (Wildman–Crippen MR) is 289 cm³/mol. The summed E-state index contributed by atoms with van der Waals surface area (Å²) in [6.45, 7) is 11.5. The van der Waals surface area contributed by atoms with Gasteiger partial charge in [-0.1, -0.05) is 304 Å². The number of hydrogen-bond acceptors (Lipinski definition) is 6. The minimum absolute atomic E-state index is 0.0624. The molecular weight excluding hydrogens is 829 g/mol. The molecule has 0 saturated carbocycles. The highest BCUT2D eigenvalue weighted by Gasteiger charge is 2.19. The fourth-order valence-corrected chi connectivity index (χ4v) is 9.37. The van der Waals surface area contributed by atoms with Crippen LogP contribution < -0.4 is 0 Å². The van der Waals surface area contributed by atoms with E-state index in [0.29, 0.717) is 19.3 Å². The van der Waals surface area contributed by atoms with Gasteiger partial charge < -0.3 is 14.2 Å². The summed E-state index contributed by atoms with van der Waals surface area (Å²) >= 11 is 0. The van der Waals surface area contributed by atoms with Gasteiger partial charge in [-0.05, 0) is 31.1 Å². The summed E-state index contributed by atoms with van der Waals surface area (Å²) < 4.78 is 16.9. The van der Waals surface area contributed by atoms with Gasteiger partial charge in [0.1, 0.15) is 13.2 Å². The Hall–Kier alpha value is -1.59. The van der Waals surface area contributed by atoms with E-state index >= 15 is 0 Å². The lowest BCUT2D eigenvalue weighted by Gasteiger charge is -2.18. The van der Waals surface area contributed by atoms with E-state index in [1.807, 2.05) is 0 Å². The molecule has 0 heterocycles. The molecule has 0 aliphatic heterocycles. The molecule has 0 rings (SSSR count). The van der Waals surface area contributed by atoms with Crippen molar-refractivity contribution in [2.45, 2.75) is 349 Å². The molecule has 0 aromatic carbocycles. The van der Waals surface area contributed by atoms with E-state index in [2.05, 4.69) is 34.6 Å². The van der Waals surface area contributed by atoms with Gasteiger partial charge in [0.2, 0.25) is 0 Å². The Bertz CT molecular complexity index is 1030. The minimum Gasteiger partial charge on any atom is -0.462 e. The third kappa shape index (κ3) is 53.6. The molecule has 0 N–H and O–H groups in total. The standard InChI is InChI=1S/C61H118O6/c1-6-8-9-10-11-12-13-14-22-26-33-38-43-48-53-61(64)67-58(55-66-60(63)52-47-42-37-32-28-27-29-34-39-44-49-56(3)4)54-65-59(62)51-46-41-36-31-25-23-20-18-16-15-17-19-21-24-30-35-40-45-50-57(5)7-2/h56-58H,6-55H2,1-5H3/t57?,58-/m1/s1. The number of rotatable bonds is 55. The fraction of sp³-hybridized carbons (Fsp3) is 0.951. The zero-order chi connectivity index (χ0) is 48.9. The maximum Gasteiger partial charge on any atom is 0.306 e. The smallest absolute Gasteiger partial charge is 0.306 e. The van der Waals surface area contributed by atoms with Crippen LogP contribution in [0.3, 0.4) is 0 Å². The van der Waals surface area contributed by atoms with Gasteiger partial charge in [-0.2, -0.15) is 0 Å². The van der Waals surface area contributed by atoms with E-state index in [0.717, 1.165) is 69.6 Å². The van der Waals surface area contributed by atoms with E-state index < -0.39 is 6.10 Å². The molecule has 0 bridgehead atoms. The van der Waals surface area contributed by atoms with Crippen LogP contribution in [-0.4, -0.2) is 37.2 Å². The van der Waals surface area contributed by atoms with Gasteiger partial charge in [0, 0.05) is 19.3 Å². The molecule has 0 aliphatic carbocycles. The third-order valence-electron chi connectivity index (χ3n) is 14.3. The van der Waals surface area contributed by atoms with Crippen LogP contribution in [0.4, 0.5) is 0 Å². The van der Waals surface area contributed by atoms with Crippen molar-refractivity contribution in [1.29, 1.82) is 0 Å². The van der Waals surface area contributed by atoms with Crippen molar-refractivity contribution in [2.75, 3.05) is 13.2 Å². The van der Waals surface area contributed by atoms with E-state index in [1.54, 1.807) is 0 Å². The van der Waals surface area contributed by atoms with Crippen molar-refractivity contribution in [3.8, 4) is 0 Å². The number of hydrogen-bond donors (Lipinski definition) is 0. The number of carbonyl (C=O) groups excluding carboxylic acids is 3. The van der Waals surface area contributed by atoms with Gasteiger partial charge in [-0.3, -0.25) is 14.4 Å². The molecular formula is C61H118O6. The van der Waals surface area contributed by atoms with Crippen LogP contribution in [-0.2, 0) is 28.6 Å². The van der Waals surface area contributed by atoms with Crippen molar-refractivity contribution < 1.29 is 28.6 Å². The number of esters is 3. The summed E-state index contributed by atoms with van der Waals surface area (Å²) in [5, 5.41) is 0. The van der Waals surface area contributed by atoms with Gasteiger partial charge in [-0.15, -0.1) is 0 Å². The molecule has 67 heavy (non-hydrogen) atoms. The Balaban J connectivity index is 4.23. The molecule has 0 radical (unpaired) electrons. The Morgan fingerprint density at radius 1 is 0.313 bits per heavy atom. The molecule has 0 aromatic rings. The molecule has 0 amide bonds. The largest absolute Gasteiger partial charge is 0.462 e. The zero-order valence-electron chi connectivity index (χ0n) is 46.0. The first-order chi connectivity index (χ1) is 32.8. The fourth-order valence-electron chi connectivity index (χ4n) is 9.37. The van der Waals surface area contributed by atoms with Crippen LogP contribution in [0.15, 0.2) is 0 Å². The van der Waals surface area contributed by atoms with Crippen molar-refractivity contribution >= 4 is 17.9 Å².